The van der Waals surface area contributed by atoms with E-state index in [1.54, 1.807) is 30.3 Å². The molecule has 138 valence electrons. The highest BCUT2D eigenvalue weighted by molar-refractivity contribution is 9.10. The highest BCUT2D eigenvalue weighted by Crippen LogP contribution is 2.32. The molecule has 3 aromatic rings. The number of aromatic nitrogens is 2. The number of ether oxygens (including phenoxy) is 2. The summed E-state index contributed by atoms with van der Waals surface area (Å²) >= 11 is 3.53. The number of aryl methyl sites for hydroxylation is 1. The zero-order chi connectivity index (χ0) is 19.0. The van der Waals surface area contributed by atoms with Crippen molar-refractivity contribution < 1.29 is 14.3 Å². The van der Waals surface area contributed by atoms with Gasteiger partial charge in [0.2, 0.25) is 0 Å². The van der Waals surface area contributed by atoms with Crippen molar-refractivity contribution in [3.8, 4) is 17.2 Å². The third-order valence-electron chi connectivity index (χ3n) is 4.38. The van der Waals surface area contributed by atoms with Gasteiger partial charge < -0.3 is 14.8 Å². The molecule has 7 heteroatoms. The SMILES string of the molecule is Cc1nn(-c2ccc(C(=O)Nc3ccc4c(c3)OCCO4)cc2)c(C)c1Br. The topological polar surface area (TPSA) is 65.4 Å². The number of benzene rings is 2. The zero-order valence-corrected chi connectivity index (χ0v) is 16.5. The van der Waals surface area contributed by atoms with E-state index in [2.05, 4.69) is 26.3 Å². The van der Waals surface area contributed by atoms with Crippen LogP contribution in [0.5, 0.6) is 11.5 Å². The van der Waals surface area contributed by atoms with Crippen LogP contribution in [0.4, 0.5) is 5.69 Å². The minimum atomic E-state index is -0.187. The van der Waals surface area contributed by atoms with E-state index in [0.717, 1.165) is 21.5 Å². The van der Waals surface area contributed by atoms with Gasteiger partial charge in [-0.3, -0.25) is 4.79 Å². The van der Waals surface area contributed by atoms with Crippen molar-refractivity contribution in [1.82, 2.24) is 9.78 Å². The van der Waals surface area contributed by atoms with E-state index in [9.17, 15) is 4.79 Å². The Morgan fingerprint density at radius 1 is 1.07 bits per heavy atom. The van der Waals surface area contributed by atoms with Gasteiger partial charge in [-0.15, -0.1) is 0 Å². The number of carbonyl (C=O) groups excluding carboxylic acids is 1. The van der Waals surface area contributed by atoms with Gasteiger partial charge >= 0.3 is 0 Å². The molecule has 0 spiro atoms. The van der Waals surface area contributed by atoms with E-state index < -0.39 is 0 Å². The van der Waals surface area contributed by atoms with Crippen LogP contribution >= 0.6 is 15.9 Å². The second-order valence-corrected chi connectivity index (χ2v) is 7.05. The molecular formula is C20H18BrN3O3. The summed E-state index contributed by atoms with van der Waals surface area (Å²) in [4.78, 5) is 12.5. The van der Waals surface area contributed by atoms with Gasteiger partial charge in [0.1, 0.15) is 13.2 Å². The van der Waals surface area contributed by atoms with Gasteiger partial charge in [0, 0.05) is 17.3 Å². The molecule has 4 rings (SSSR count). The lowest BCUT2D eigenvalue weighted by Gasteiger charge is -2.19. The Morgan fingerprint density at radius 3 is 2.44 bits per heavy atom. The molecule has 0 unspecified atom stereocenters. The Kier molecular flexibility index (Phi) is 4.61. The second kappa shape index (κ2) is 7.08. The summed E-state index contributed by atoms with van der Waals surface area (Å²) in [5, 5.41) is 7.39. The predicted molar refractivity (Wildman–Crippen MR) is 106 cm³/mol. The molecule has 0 saturated carbocycles. The van der Waals surface area contributed by atoms with Crippen molar-refractivity contribution in [2.24, 2.45) is 0 Å². The van der Waals surface area contributed by atoms with Crippen LogP contribution in [0.1, 0.15) is 21.7 Å². The van der Waals surface area contributed by atoms with Crippen LogP contribution in [0, 0.1) is 13.8 Å². The number of nitrogens with zero attached hydrogens (tertiary/aromatic N) is 2. The molecule has 1 aliphatic rings. The molecule has 6 nitrogen and oxygen atoms in total. The standard InChI is InChI=1S/C20H18BrN3O3/c1-12-19(21)13(2)24(23-12)16-6-3-14(4-7-16)20(25)22-15-5-8-17-18(11-15)27-10-9-26-17/h3-8,11H,9-10H2,1-2H3,(H,22,25). The monoisotopic (exact) mass is 427 g/mol. The van der Waals surface area contributed by atoms with Gasteiger partial charge in [-0.2, -0.15) is 5.10 Å². The van der Waals surface area contributed by atoms with Crippen LogP contribution in [0.15, 0.2) is 46.9 Å². The fourth-order valence-electron chi connectivity index (χ4n) is 2.95. The van der Waals surface area contributed by atoms with E-state index in [1.165, 1.54) is 0 Å². The first-order valence-corrected chi connectivity index (χ1v) is 9.35. The van der Waals surface area contributed by atoms with Crippen LogP contribution < -0.4 is 14.8 Å². The number of hydrogen-bond donors (Lipinski definition) is 1. The molecule has 2 aromatic carbocycles. The average molecular weight is 428 g/mol. The summed E-state index contributed by atoms with van der Waals surface area (Å²) in [6.07, 6.45) is 0. The smallest absolute Gasteiger partial charge is 0.255 e. The quantitative estimate of drug-likeness (QED) is 0.677. The molecule has 0 saturated heterocycles. The lowest BCUT2D eigenvalue weighted by Crippen LogP contribution is -2.16. The summed E-state index contributed by atoms with van der Waals surface area (Å²) < 4.78 is 13.9. The Morgan fingerprint density at radius 2 is 1.78 bits per heavy atom. The molecule has 0 radical (unpaired) electrons. The maximum atomic E-state index is 12.5. The molecule has 1 amide bonds. The van der Waals surface area contributed by atoms with Crippen molar-refractivity contribution in [3.63, 3.8) is 0 Å². The van der Waals surface area contributed by atoms with Crippen molar-refractivity contribution in [2.45, 2.75) is 13.8 Å². The summed E-state index contributed by atoms with van der Waals surface area (Å²) in [6.45, 7) is 4.99. The van der Waals surface area contributed by atoms with Crippen molar-refractivity contribution in [3.05, 3.63) is 63.9 Å². The number of amides is 1. The second-order valence-electron chi connectivity index (χ2n) is 6.26. The maximum Gasteiger partial charge on any atom is 0.255 e. The van der Waals surface area contributed by atoms with Crippen molar-refractivity contribution in [1.29, 1.82) is 0 Å². The largest absolute Gasteiger partial charge is 0.486 e. The summed E-state index contributed by atoms with van der Waals surface area (Å²) in [5.74, 6) is 1.15. The fraction of sp³-hybridized carbons (Fsp3) is 0.200. The number of rotatable bonds is 3. The van der Waals surface area contributed by atoms with Gasteiger partial charge in [0.25, 0.3) is 5.91 Å². The number of carbonyl (C=O) groups is 1. The molecule has 2 heterocycles. The summed E-state index contributed by atoms with van der Waals surface area (Å²) in [6, 6.07) is 12.7. The number of nitrogens with one attached hydrogen (secondary N) is 1. The molecule has 1 aliphatic heterocycles. The molecule has 0 bridgehead atoms. The molecule has 27 heavy (non-hydrogen) atoms. The minimum absolute atomic E-state index is 0.187. The van der Waals surface area contributed by atoms with Crippen LogP contribution in [0.3, 0.4) is 0 Å². The molecule has 0 fully saturated rings. The normalized spacial score (nSPS) is 12.7. The Bertz CT molecular complexity index is 1010. The van der Waals surface area contributed by atoms with Crippen LogP contribution in [0.25, 0.3) is 5.69 Å². The van der Waals surface area contributed by atoms with Gasteiger partial charge in [-0.25, -0.2) is 4.68 Å². The predicted octanol–water partition coefficient (Wildman–Crippen LogP) is 4.28. The van der Waals surface area contributed by atoms with E-state index in [1.807, 2.05) is 30.7 Å². The van der Waals surface area contributed by atoms with Crippen molar-refractivity contribution >= 4 is 27.5 Å². The fourth-order valence-corrected chi connectivity index (χ4v) is 3.20. The average Bonchev–Trinajstić information content (AvgIpc) is 2.95. The van der Waals surface area contributed by atoms with Gasteiger partial charge in [0.05, 0.1) is 21.5 Å². The molecule has 0 aliphatic carbocycles. The third kappa shape index (κ3) is 3.42. The van der Waals surface area contributed by atoms with Gasteiger partial charge in [-0.05, 0) is 66.2 Å². The third-order valence-corrected chi connectivity index (χ3v) is 5.52. The maximum absolute atomic E-state index is 12.5. The highest BCUT2D eigenvalue weighted by Gasteiger charge is 2.14. The van der Waals surface area contributed by atoms with E-state index in [4.69, 9.17) is 9.47 Å². The molecular weight excluding hydrogens is 410 g/mol. The summed E-state index contributed by atoms with van der Waals surface area (Å²) in [7, 11) is 0. The lowest BCUT2D eigenvalue weighted by atomic mass is 10.2. The van der Waals surface area contributed by atoms with Gasteiger partial charge in [0.15, 0.2) is 11.5 Å². The van der Waals surface area contributed by atoms with Crippen LogP contribution in [-0.4, -0.2) is 28.9 Å². The first-order chi connectivity index (χ1) is 13.0. The first-order valence-electron chi connectivity index (χ1n) is 8.56. The molecule has 1 aromatic heterocycles. The Hall–Kier alpha value is -2.80. The van der Waals surface area contributed by atoms with E-state index in [0.29, 0.717) is 36.0 Å². The van der Waals surface area contributed by atoms with Crippen molar-refractivity contribution in [2.75, 3.05) is 18.5 Å². The Labute approximate surface area is 165 Å². The number of fused-ring (bicyclic) bond motifs is 1. The molecule has 0 atom stereocenters. The minimum Gasteiger partial charge on any atom is -0.486 e. The van der Waals surface area contributed by atoms with Crippen LogP contribution in [0.2, 0.25) is 0 Å². The zero-order valence-electron chi connectivity index (χ0n) is 15.0. The van der Waals surface area contributed by atoms with E-state index >= 15 is 0 Å². The Balaban J connectivity index is 1.52. The lowest BCUT2D eigenvalue weighted by molar-refractivity contribution is 0.102. The number of anilines is 1. The summed E-state index contributed by atoms with van der Waals surface area (Å²) in [5.41, 5.74) is 4.07. The highest BCUT2D eigenvalue weighted by atomic mass is 79.9. The number of halogens is 1. The van der Waals surface area contributed by atoms with Crippen LogP contribution in [-0.2, 0) is 0 Å². The first kappa shape index (κ1) is 17.6. The number of hydrogen-bond acceptors (Lipinski definition) is 4. The van der Waals surface area contributed by atoms with E-state index in [-0.39, 0.29) is 5.91 Å². The molecule has 1 N–H and O–H groups in total. The van der Waals surface area contributed by atoms with Gasteiger partial charge in [-0.1, -0.05) is 0 Å².